The Morgan fingerprint density at radius 2 is 1.89 bits per heavy atom. The molecule has 0 radical (unpaired) electrons. The van der Waals surface area contributed by atoms with Crippen molar-refractivity contribution in [3.8, 4) is 0 Å². The van der Waals surface area contributed by atoms with E-state index in [1.165, 1.54) is 15.7 Å². The minimum Gasteiger partial charge on any atom is -0.369 e. The molecule has 1 aromatic carbocycles. The molecule has 0 heterocycles. The first-order chi connectivity index (χ1) is 8.45. The standard InChI is InChI=1S/C15H25BrN2/c1-11(2)10-18(12(3)4)14-6-5-13(7-8-17)15(16)9-14/h5-6,9,11-12H,7-8,10,17H2,1-4H3. The zero-order valence-corrected chi connectivity index (χ0v) is 13.5. The maximum atomic E-state index is 5.61. The van der Waals surface area contributed by atoms with E-state index in [9.17, 15) is 0 Å². The van der Waals surface area contributed by atoms with Crippen LogP contribution in [0.5, 0.6) is 0 Å². The number of anilines is 1. The van der Waals surface area contributed by atoms with Gasteiger partial charge in [0.1, 0.15) is 0 Å². The van der Waals surface area contributed by atoms with Gasteiger partial charge in [-0.3, -0.25) is 0 Å². The molecule has 1 aromatic rings. The van der Waals surface area contributed by atoms with Crippen LogP contribution in [0, 0.1) is 5.92 Å². The average molecular weight is 313 g/mol. The van der Waals surface area contributed by atoms with Crippen molar-refractivity contribution in [2.45, 2.75) is 40.2 Å². The fourth-order valence-corrected chi connectivity index (χ4v) is 2.65. The number of halogens is 1. The summed E-state index contributed by atoms with van der Waals surface area (Å²) in [6, 6.07) is 7.12. The van der Waals surface area contributed by atoms with Crippen molar-refractivity contribution >= 4 is 21.6 Å². The van der Waals surface area contributed by atoms with Crippen LogP contribution in [0.2, 0.25) is 0 Å². The minimum absolute atomic E-state index is 0.514. The topological polar surface area (TPSA) is 29.3 Å². The van der Waals surface area contributed by atoms with Gasteiger partial charge >= 0.3 is 0 Å². The van der Waals surface area contributed by atoms with Crippen molar-refractivity contribution in [3.63, 3.8) is 0 Å². The molecule has 0 fully saturated rings. The molecule has 0 aromatic heterocycles. The lowest BCUT2D eigenvalue weighted by Crippen LogP contribution is -2.34. The first kappa shape index (κ1) is 15.5. The number of nitrogens with two attached hydrogens (primary N) is 1. The fourth-order valence-electron chi connectivity index (χ4n) is 2.08. The molecule has 0 aliphatic heterocycles. The lowest BCUT2D eigenvalue weighted by molar-refractivity contribution is 0.571. The highest BCUT2D eigenvalue weighted by molar-refractivity contribution is 9.10. The van der Waals surface area contributed by atoms with E-state index in [4.69, 9.17) is 5.73 Å². The fraction of sp³-hybridized carbons (Fsp3) is 0.600. The monoisotopic (exact) mass is 312 g/mol. The van der Waals surface area contributed by atoms with Gasteiger partial charge in [-0.25, -0.2) is 0 Å². The summed E-state index contributed by atoms with van der Waals surface area (Å²) in [5, 5.41) is 0. The van der Waals surface area contributed by atoms with Crippen LogP contribution < -0.4 is 10.6 Å². The molecule has 1 rings (SSSR count). The van der Waals surface area contributed by atoms with Gasteiger partial charge in [0.2, 0.25) is 0 Å². The van der Waals surface area contributed by atoms with E-state index in [0.717, 1.165) is 13.0 Å². The molecule has 2 nitrogen and oxygen atoms in total. The van der Waals surface area contributed by atoms with Crippen LogP contribution in [-0.2, 0) is 6.42 Å². The van der Waals surface area contributed by atoms with Gasteiger partial charge in [0.25, 0.3) is 0 Å². The molecule has 102 valence electrons. The van der Waals surface area contributed by atoms with Gasteiger partial charge in [0, 0.05) is 22.7 Å². The molecule has 0 aliphatic rings. The Morgan fingerprint density at radius 1 is 1.22 bits per heavy atom. The molecular weight excluding hydrogens is 288 g/mol. The number of benzene rings is 1. The first-order valence-electron chi connectivity index (χ1n) is 6.70. The quantitative estimate of drug-likeness (QED) is 0.865. The van der Waals surface area contributed by atoms with E-state index >= 15 is 0 Å². The third kappa shape index (κ3) is 4.29. The summed E-state index contributed by atoms with van der Waals surface area (Å²) in [7, 11) is 0. The Kier molecular flexibility index (Phi) is 6.16. The number of nitrogens with zero attached hydrogens (tertiary/aromatic N) is 1. The summed E-state index contributed by atoms with van der Waals surface area (Å²) >= 11 is 3.65. The second kappa shape index (κ2) is 7.15. The Morgan fingerprint density at radius 3 is 2.33 bits per heavy atom. The van der Waals surface area contributed by atoms with Gasteiger partial charge in [-0.05, 0) is 50.4 Å². The van der Waals surface area contributed by atoms with Crippen molar-refractivity contribution in [1.29, 1.82) is 0 Å². The van der Waals surface area contributed by atoms with Gasteiger partial charge in [0.15, 0.2) is 0 Å². The van der Waals surface area contributed by atoms with Crippen LogP contribution in [0.4, 0.5) is 5.69 Å². The molecule has 3 heteroatoms. The molecule has 0 aliphatic carbocycles. The second-order valence-corrected chi connectivity index (χ2v) is 6.31. The van der Waals surface area contributed by atoms with Crippen LogP contribution in [0.15, 0.2) is 22.7 Å². The van der Waals surface area contributed by atoms with E-state index in [0.29, 0.717) is 18.5 Å². The van der Waals surface area contributed by atoms with Crippen molar-refractivity contribution in [3.05, 3.63) is 28.2 Å². The van der Waals surface area contributed by atoms with Crippen molar-refractivity contribution in [1.82, 2.24) is 0 Å². The van der Waals surface area contributed by atoms with Gasteiger partial charge in [0.05, 0.1) is 0 Å². The Bertz CT molecular complexity index is 375. The predicted molar refractivity (Wildman–Crippen MR) is 84.2 cm³/mol. The SMILES string of the molecule is CC(C)CN(c1ccc(CCN)c(Br)c1)C(C)C. The van der Waals surface area contributed by atoms with Gasteiger partial charge in [-0.1, -0.05) is 35.8 Å². The van der Waals surface area contributed by atoms with E-state index in [1.807, 2.05) is 0 Å². The molecule has 0 saturated heterocycles. The highest BCUT2D eigenvalue weighted by atomic mass is 79.9. The zero-order valence-electron chi connectivity index (χ0n) is 11.9. The molecule has 0 saturated carbocycles. The lowest BCUT2D eigenvalue weighted by atomic mass is 10.1. The second-order valence-electron chi connectivity index (χ2n) is 5.45. The molecule has 0 unspecified atom stereocenters. The number of hydrogen-bond acceptors (Lipinski definition) is 2. The van der Waals surface area contributed by atoms with Crippen LogP contribution in [-0.4, -0.2) is 19.1 Å². The summed E-state index contributed by atoms with van der Waals surface area (Å²) in [6.45, 7) is 10.8. The highest BCUT2D eigenvalue weighted by Gasteiger charge is 2.13. The van der Waals surface area contributed by atoms with Crippen LogP contribution in [0.3, 0.4) is 0 Å². The van der Waals surface area contributed by atoms with Crippen molar-refractivity contribution in [2.24, 2.45) is 11.7 Å². The molecule has 18 heavy (non-hydrogen) atoms. The molecule has 0 spiro atoms. The summed E-state index contributed by atoms with van der Waals surface area (Å²) in [6.07, 6.45) is 0.923. The van der Waals surface area contributed by atoms with Crippen molar-refractivity contribution < 1.29 is 0 Å². The Labute approximate surface area is 120 Å². The highest BCUT2D eigenvalue weighted by Crippen LogP contribution is 2.26. The summed E-state index contributed by atoms with van der Waals surface area (Å²) in [5.74, 6) is 0.662. The zero-order chi connectivity index (χ0) is 13.7. The van der Waals surface area contributed by atoms with E-state index in [-0.39, 0.29) is 0 Å². The first-order valence-corrected chi connectivity index (χ1v) is 7.50. The Balaban J connectivity index is 2.95. The molecule has 0 amide bonds. The van der Waals surface area contributed by atoms with Gasteiger partial charge < -0.3 is 10.6 Å². The van der Waals surface area contributed by atoms with E-state index in [2.05, 4.69) is 66.7 Å². The summed E-state index contributed by atoms with van der Waals surface area (Å²) in [4.78, 5) is 2.45. The summed E-state index contributed by atoms with van der Waals surface area (Å²) < 4.78 is 1.17. The maximum absolute atomic E-state index is 5.61. The largest absolute Gasteiger partial charge is 0.369 e. The minimum atomic E-state index is 0.514. The van der Waals surface area contributed by atoms with Gasteiger partial charge in [-0.2, -0.15) is 0 Å². The normalized spacial score (nSPS) is 11.3. The number of rotatable bonds is 6. The number of hydrogen-bond donors (Lipinski definition) is 1. The van der Waals surface area contributed by atoms with E-state index < -0.39 is 0 Å². The van der Waals surface area contributed by atoms with Crippen LogP contribution in [0.25, 0.3) is 0 Å². The third-order valence-corrected chi connectivity index (χ3v) is 3.71. The third-order valence-electron chi connectivity index (χ3n) is 2.97. The predicted octanol–water partition coefficient (Wildman–Crippen LogP) is 3.82. The average Bonchev–Trinajstić information content (AvgIpc) is 2.28. The van der Waals surface area contributed by atoms with E-state index in [1.54, 1.807) is 0 Å². The molecular formula is C15H25BrN2. The summed E-state index contributed by atoms with van der Waals surface area (Å²) in [5.41, 5.74) is 8.18. The molecule has 0 bridgehead atoms. The maximum Gasteiger partial charge on any atom is 0.0380 e. The van der Waals surface area contributed by atoms with Crippen molar-refractivity contribution in [2.75, 3.05) is 18.0 Å². The van der Waals surface area contributed by atoms with Crippen LogP contribution in [0.1, 0.15) is 33.3 Å². The smallest absolute Gasteiger partial charge is 0.0380 e. The molecule has 2 N–H and O–H groups in total. The van der Waals surface area contributed by atoms with Crippen LogP contribution >= 0.6 is 15.9 Å². The molecule has 0 atom stereocenters. The Hall–Kier alpha value is -0.540. The lowest BCUT2D eigenvalue weighted by Gasteiger charge is -2.31. The van der Waals surface area contributed by atoms with Gasteiger partial charge in [-0.15, -0.1) is 0 Å².